The molecule has 0 N–H and O–H groups in total. The van der Waals surface area contributed by atoms with Crippen molar-refractivity contribution in [2.45, 2.75) is 32.6 Å². The van der Waals surface area contributed by atoms with Gasteiger partial charge in [-0.15, -0.1) is 0 Å². The maximum Gasteiger partial charge on any atom is 0.156 e. The molecular formula is C11H14O. The fourth-order valence-corrected chi connectivity index (χ4v) is 3.12. The summed E-state index contributed by atoms with van der Waals surface area (Å²) in [5.74, 6) is 2.14. The molecule has 0 aliphatic heterocycles. The second kappa shape index (κ2) is 1.84. The zero-order chi connectivity index (χ0) is 8.34. The molecule has 1 heteroatoms. The number of carbonyl (C=O) groups is 1. The monoisotopic (exact) mass is 162 g/mol. The van der Waals surface area contributed by atoms with Crippen molar-refractivity contribution >= 4 is 5.78 Å². The van der Waals surface area contributed by atoms with E-state index in [1.54, 1.807) is 0 Å². The topological polar surface area (TPSA) is 17.1 Å². The lowest BCUT2D eigenvalue weighted by Gasteiger charge is -2.31. The van der Waals surface area contributed by atoms with Crippen LogP contribution in [0.1, 0.15) is 32.6 Å². The van der Waals surface area contributed by atoms with E-state index in [1.165, 1.54) is 24.8 Å². The predicted octanol–water partition coefficient (Wildman–Crippen LogP) is 2.32. The summed E-state index contributed by atoms with van der Waals surface area (Å²) >= 11 is 0. The van der Waals surface area contributed by atoms with Crippen LogP contribution < -0.4 is 0 Å². The molecule has 0 amide bonds. The van der Waals surface area contributed by atoms with Crippen LogP contribution >= 0.6 is 0 Å². The minimum Gasteiger partial charge on any atom is -0.295 e. The summed E-state index contributed by atoms with van der Waals surface area (Å²) in [6.45, 7) is 2.28. The van der Waals surface area contributed by atoms with Crippen LogP contribution in [-0.4, -0.2) is 5.78 Å². The van der Waals surface area contributed by atoms with E-state index in [0.29, 0.717) is 5.78 Å². The Kier molecular flexibility index (Phi) is 1.05. The second-order valence-electron chi connectivity index (χ2n) is 4.94. The first-order chi connectivity index (χ1) is 5.69. The van der Waals surface area contributed by atoms with Gasteiger partial charge in [-0.3, -0.25) is 4.79 Å². The largest absolute Gasteiger partial charge is 0.295 e. The summed E-state index contributed by atoms with van der Waals surface area (Å²) in [7, 11) is 0. The molecule has 0 saturated heterocycles. The molecule has 0 unspecified atom stereocenters. The average Bonchev–Trinajstić information content (AvgIpc) is 2.69. The van der Waals surface area contributed by atoms with Crippen LogP contribution in [0.4, 0.5) is 0 Å². The Morgan fingerprint density at radius 3 is 3.25 bits per heavy atom. The van der Waals surface area contributed by atoms with Gasteiger partial charge in [-0.25, -0.2) is 0 Å². The highest BCUT2D eigenvalue weighted by atomic mass is 16.1. The lowest BCUT2D eigenvalue weighted by molar-refractivity contribution is -0.115. The molecule has 0 radical (unpaired) electrons. The van der Waals surface area contributed by atoms with E-state index >= 15 is 0 Å². The molecule has 0 aromatic heterocycles. The maximum atomic E-state index is 11.3. The third kappa shape index (κ3) is 0.720. The first kappa shape index (κ1) is 6.88. The highest BCUT2D eigenvalue weighted by molar-refractivity contribution is 5.94. The minimum absolute atomic E-state index is 0.286. The summed E-state index contributed by atoms with van der Waals surface area (Å²) in [6.07, 6.45) is 6.74. The third-order valence-corrected chi connectivity index (χ3v) is 3.97. The van der Waals surface area contributed by atoms with E-state index in [-0.39, 0.29) is 5.41 Å². The van der Waals surface area contributed by atoms with Crippen LogP contribution in [0, 0.1) is 17.3 Å². The van der Waals surface area contributed by atoms with Crippen LogP contribution in [0.5, 0.6) is 0 Å². The molecule has 0 spiro atoms. The van der Waals surface area contributed by atoms with Gasteiger partial charge in [-0.2, -0.15) is 0 Å². The predicted molar refractivity (Wildman–Crippen MR) is 46.6 cm³/mol. The van der Waals surface area contributed by atoms with E-state index in [9.17, 15) is 4.79 Å². The Morgan fingerprint density at radius 1 is 1.58 bits per heavy atom. The molecule has 0 aromatic carbocycles. The standard InChI is InChI=1S/C11H14O/c1-11-3-2-7-4-9(7)10(11)5-8(12)6-11/h5,7,9H,2-4,6H2,1H3/t7-,9+,11-/m1/s1. The Labute approximate surface area is 72.8 Å². The first-order valence-electron chi connectivity index (χ1n) is 4.94. The fourth-order valence-electron chi connectivity index (χ4n) is 3.12. The summed E-state index contributed by atoms with van der Waals surface area (Å²) < 4.78 is 0. The zero-order valence-corrected chi connectivity index (χ0v) is 7.47. The van der Waals surface area contributed by atoms with E-state index in [1.807, 2.05) is 6.08 Å². The van der Waals surface area contributed by atoms with Crippen molar-refractivity contribution in [2.75, 3.05) is 0 Å². The summed E-state index contributed by atoms with van der Waals surface area (Å²) in [5.41, 5.74) is 1.79. The van der Waals surface area contributed by atoms with E-state index in [0.717, 1.165) is 18.3 Å². The number of ketones is 1. The van der Waals surface area contributed by atoms with Crippen LogP contribution in [0.25, 0.3) is 0 Å². The Balaban J connectivity index is 2.03. The number of carbonyl (C=O) groups excluding carboxylic acids is 1. The minimum atomic E-state index is 0.286. The number of allylic oxidation sites excluding steroid dienone is 2. The number of hydrogen-bond acceptors (Lipinski definition) is 1. The van der Waals surface area contributed by atoms with Gasteiger partial charge in [0.05, 0.1) is 0 Å². The SMILES string of the molecule is C[C@]12CC[C@@H]3C[C@@H]3C1=CC(=O)C2. The fraction of sp³-hybridized carbons (Fsp3) is 0.727. The van der Waals surface area contributed by atoms with E-state index in [4.69, 9.17) is 0 Å². The molecule has 12 heavy (non-hydrogen) atoms. The van der Waals surface area contributed by atoms with Gasteiger partial charge in [0.15, 0.2) is 5.78 Å². The van der Waals surface area contributed by atoms with Crippen molar-refractivity contribution in [3.63, 3.8) is 0 Å². The highest BCUT2D eigenvalue weighted by Gasteiger charge is 2.53. The number of hydrogen-bond donors (Lipinski definition) is 0. The van der Waals surface area contributed by atoms with Gasteiger partial charge in [0.2, 0.25) is 0 Å². The molecule has 0 bridgehead atoms. The molecule has 1 nitrogen and oxygen atoms in total. The first-order valence-corrected chi connectivity index (χ1v) is 4.94. The average molecular weight is 162 g/mol. The highest BCUT2D eigenvalue weighted by Crippen LogP contribution is 2.61. The van der Waals surface area contributed by atoms with Gasteiger partial charge in [-0.1, -0.05) is 12.5 Å². The molecular weight excluding hydrogens is 148 g/mol. The molecule has 2 fully saturated rings. The summed E-state index contributed by atoms with van der Waals surface area (Å²) in [4.78, 5) is 11.3. The molecule has 3 aliphatic rings. The number of rotatable bonds is 0. The summed E-state index contributed by atoms with van der Waals surface area (Å²) in [6, 6.07) is 0. The Morgan fingerprint density at radius 2 is 2.42 bits per heavy atom. The Hall–Kier alpha value is -0.590. The van der Waals surface area contributed by atoms with Crippen molar-refractivity contribution in [1.82, 2.24) is 0 Å². The van der Waals surface area contributed by atoms with Crippen molar-refractivity contribution in [3.8, 4) is 0 Å². The van der Waals surface area contributed by atoms with Crippen LogP contribution in [0.3, 0.4) is 0 Å². The van der Waals surface area contributed by atoms with Crippen LogP contribution in [0.15, 0.2) is 11.6 Å². The molecule has 3 rings (SSSR count). The van der Waals surface area contributed by atoms with Crippen LogP contribution in [0.2, 0.25) is 0 Å². The second-order valence-corrected chi connectivity index (χ2v) is 4.94. The van der Waals surface area contributed by atoms with Gasteiger partial charge in [-0.05, 0) is 42.6 Å². The normalized spacial score (nSPS) is 49.8. The van der Waals surface area contributed by atoms with Crippen LogP contribution in [-0.2, 0) is 4.79 Å². The molecule has 64 valence electrons. The van der Waals surface area contributed by atoms with Crippen molar-refractivity contribution in [1.29, 1.82) is 0 Å². The maximum absolute atomic E-state index is 11.3. The van der Waals surface area contributed by atoms with E-state index < -0.39 is 0 Å². The molecule has 0 heterocycles. The molecule has 3 atom stereocenters. The third-order valence-electron chi connectivity index (χ3n) is 3.97. The van der Waals surface area contributed by atoms with Crippen molar-refractivity contribution in [3.05, 3.63) is 11.6 Å². The van der Waals surface area contributed by atoms with Gasteiger partial charge < -0.3 is 0 Å². The van der Waals surface area contributed by atoms with Gasteiger partial charge in [0.25, 0.3) is 0 Å². The van der Waals surface area contributed by atoms with Gasteiger partial charge >= 0.3 is 0 Å². The van der Waals surface area contributed by atoms with Crippen molar-refractivity contribution < 1.29 is 4.79 Å². The lowest BCUT2D eigenvalue weighted by atomic mass is 9.73. The molecule has 0 aromatic rings. The Bertz CT molecular complexity index is 289. The van der Waals surface area contributed by atoms with Gasteiger partial charge in [0.1, 0.15) is 0 Å². The molecule has 2 saturated carbocycles. The quantitative estimate of drug-likeness (QED) is 0.534. The summed E-state index contributed by atoms with van der Waals surface area (Å²) in [5, 5.41) is 0. The van der Waals surface area contributed by atoms with E-state index in [2.05, 4.69) is 6.92 Å². The zero-order valence-electron chi connectivity index (χ0n) is 7.47. The smallest absolute Gasteiger partial charge is 0.156 e. The van der Waals surface area contributed by atoms with Crippen molar-refractivity contribution in [2.24, 2.45) is 17.3 Å². The number of fused-ring (bicyclic) bond motifs is 3. The molecule has 3 aliphatic carbocycles. The van der Waals surface area contributed by atoms with Gasteiger partial charge in [0, 0.05) is 6.42 Å². The lowest BCUT2D eigenvalue weighted by Crippen LogP contribution is -2.21.